The molecule has 2 fully saturated rings. The van der Waals surface area contributed by atoms with Crippen LogP contribution in [0.25, 0.3) is 0 Å². The van der Waals surface area contributed by atoms with E-state index in [2.05, 4.69) is 10.2 Å². The molecule has 21 heavy (non-hydrogen) atoms. The maximum absolute atomic E-state index is 13.7. The van der Waals surface area contributed by atoms with Crippen LogP contribution in [0, 0.1) is 11.7 Å². The molecule has 0 unspecified atom stereocenters. The molecule has 1 N–H and O–H groups in total. The minimum atomic E-state index is -0.166. The number of nitrogens with one attached hydrogen (secondary N) is 1. The summed E-state index contributed by atoms with van der Waals surface area (Å²) in [6.07, 6.45) is 3.79. The molecule has 1 aromatic rings. The second-order valence-corrected chi connectivity index (χ2v) is 5.81. The lowest BCUT2D eigenvalue weighted by atomic mass is 9.76. The Kier molecular flexibility index (Phi) is 5.85. The number of hydrogen-bond acceptors (Lipinski definition) is 3. The van der Waals surface area contributed by atoms with Crippen molar-refractivity contribution in [2.75, 3.05) is 33.3 Å². The first kappa shape index (κ1) is 16.5. The molecule has 1 aliphatic carbocycles. The highest BCUT2D eigenvalue weighted by Crippen LogP contribution is 2.44. The highest BCUT2D eigenvalue weighted by atomic mass is 35.5. The Morgan fingerprint density at radius 2 is 2.00 bits per heavy atom. The van der Waals surface area contributed by atoms with Crippen LogP contribution in [0.1, 0.15) is 30.9 Å². The Morgan fingerprint density at radius 1 is 1.29 bits per heavy atom. The molecule has 1 atom stereocenters. The standard InChI is InChI=1S/C16H23FN2O.ClH/c1-20-15-6-5-13(17)11-14(15)16(12-3-2-4-12)19-9-7-18-8-10-19;/h5-6,11-12,16,18H,2-4,7-10H2,1H3;1H/t16-;/m1./s1. The molecular weight excluding hydrogens is 291 g/mol. The average molecular weight is 315 g/mol. The normalized spacial score (nSPS) is 21.2. The first-order chi connectivity index (χ1) is 9.79. The summed E-state index contributed by atoms with van der Waals surface area (Å²) in [7, 11) is 1.67. The fraction of sp³-hybridized carbons (Fsp3) is 0.625. The second kappa shape index (κ2) is 7.43. The van der Waals surface area contributed by atoms with Gasteiger partial charge in [0.05, 0.1) is 7.11 Å². The monoisotopic (exact) mass is 314 g/mol. The quantitative estimate of drug-likeness (QED) is 0.924. The van der Waals surface area contributed by atoms with E-state index in [1.165, 1.54) is 25.3 Å². The predicted octanol–water partition coefficient (Wildman–Crippen LogP) is 3.00. The Morgan fingerprint density at radius 3 is 2.57 bits per heavy atom. The second-order valence-electron chi connectivity index (χ2n) is 5.81. The van der Waals surface area contributed by atoms with Crippen LogP contribution in [0.4, 0.5) is 4.39 Å². The fourth-order valence-electron chi connectivity index (χ4n) is 3.40. The molecule has 3 rings (SSSR count). The summed E-state index contributed by atoms with van der Waals surface area (Å²) in [5.74, 6) is 1.30. The highest BCUT2D eigenvalue weighted by molar-refractivity contribution is 5.85. The molecule has 1 saturated heterocycles. The Bertz CT molecular complexity index is 462. The van der Waals surface area contributed by atoms with Gasteiger partial charge in [-0.15, -0.1) is 12.4 Å². The van der Waals surface area contributed by atoms with Gasteiger partial charge in [-0.05, 0) is 37.0 Å². The molecule has 1 heterocycles. The lowest BCUT2D eigenvalue weighted by Gasteiger charge is -2.43. The van der Waals surface area contributed by atoms with E-state index in [-0.39, 0.29) is 18.2 Å². The molecule has 1 saturated carbocycles. The van der Waals surface area contributed by atoms with Gasteiger partial charge in [0.2, 0.25) is 0 Å². The van der Waals surface area contributed by atoms with Crippen LogP contribution < -0.4 is 10.1 Å². The van der Waals surface area contributed by atoms with Crippen molar-refractivity contribution < 1.29 is 9.13 Å². The number of nitrogens with zero attached hydrogens (tertiary/aromatic N) is 1. The van der Waals surface area contributed by atoms with E-state index in [1.807, 2.05) is 0 Å². The SMILES string of the molecule is COc1ccc(F)cc1[C@@H](C1CCC1)N1CCNCC1.Cl. The number of rotatable bonds is 4. The summed E-state index contributed by atoms with van der Waals surface area (Å²) in [4.78, 5) is 2.50. The lowest BCUT2D eigenvalue weighted by molar-refractivity contribution is 0.0816. The molecule has 1 aliphatic heterocycles. The molecule has 0 spiro atoms. The van der Waals surface area contributed by atoms with Crippen molar-refractivity contribution in [2.45, 2.75) is 25.3 Å². The summed E-state index contributed by atoms with van der Waals surface area (Å²) >= 11 is 0. The number of benzene rings is 1. The summed E-state index contributed by atoms with van der Waals surface area (Å²) in [6, 6.07) is 5.22. The third-order valence-corrected chi connectivity index (χ3v) is 4.65. The van der Waals surface area contributed by atoms with E-state index in [1.54, 1.807) is 19.2 Å². The highest BCUT2D eigenvalue weighted by Gasteiger charge is 2.35. The van der Waals surface area contributed by atoms with Crippen LogP contribution in [0.5, 0.6) is 5.75 Å². The van der Waals surface area contributed by atoms with E-state index in [9.17, 15) is 4.39 Å². The van der Waals surface area contributed by atoms with E-state index < -0.39 is 0 Å². The van der Waals surface area contributed by atoms with Crippen LogP contribution in [-0.4, -0.2) is 38.2 Å². The Labute approximate surface area is 132 Å². The van der Waals surface area contributed by atoms with Crippen LogP contribution in [0.3, 0.4) is 0 Å². The number of methoxy groups -OCH3 is 1. The minimum Gasteiger partial charge on any atom is -0.496 e. The molecule has 0 bridgehead atoms. The first-order valence-electron chi connectivity index (χ1n) is 7.58. The molecule has 1 aromatic carbocycles. The molecule has 5 heteroatoms. The van der Waals surface area contributed by atoms with Crippen molar-refractivity contribution in [1.29, 1.82) is 0 Å². The number of hydrogen-bond donors (Lipinski definition) is 1. The van der Waals surface area contributed by atoms with Crippen molar-refractivity contribution in [1.82, 2.24) is 10.2 Å². The van der Waals surface area contributed by atoms with Crippen LogP contribution in [-0.2, 0) is 0 Å². The van der Waals surface area contributed by atoms with Gasteiger partial charge in [0.25, 0.3) is 0 Å². The molecular formula is C16H24ClFN2O. The molecule has 118 valence electrons. The molecule has 0 radical (unpaired) electrons. The van der Waals surface area contributed by atoms with Gasteiger partial charge in [-0.3, -0.25) is 4.90 Å². The van der Waals surface area contributed by atoms with Crippen molar-refractivity contribution in [3.8, 4) is 5.75 Å². The van der Waals surface area contributed by atoms with Crippen LogP contribution in [0.15, 0.2) is 18.2 Å². The fourth-order valence-corrected chi connectivity index (χ4v) is 3.40. The lowest BCUT2D eigenvalue weighted by Crippen LogP contribution is -2.47. The van der Waals surface area contributed by atoms with Crippen molar-refractivity contribution >= 4 is 12.4 Å². The summed E-state index contributed by atoms with van der Waals surface area (Å²) in [6.45, 7) is 4.09. The zero-order valence-electron chi connectivity index (χ0n) is 12.5. The number of piperazine rings is 1. The van der Waals surface area contributed by atoms with Crippen LogP contribution >= 0.6 is 12.4 Å². The molecule has 0 amide bonds. The van der Waals surface area contributed by atoms with E-state index in [0.717, 1.165) is 37.5 Å². The average Bonchev–Trinajstić information content (AvgIpc) is 2.43. The minimum absolute atomic E-state index is 0. The van der Waals surface area contributed by atoms with Crippen molar-refractivity contribution in [3.05, 3.63) is 29.6 Å². The topological polar surface area (TPSA) is 24.5 Å². The largest absolute Gasteiger partial charge is 0.496 e. The van der Waals surface area contributed by atoms with Gasteiger partial charge in [0, 0.05) is 37.8 Å². The van der Waals surface area contributed by atoms with Gasteiger partial charge in [-0.1, -0.05) is 6.42 Å². The first-order valence-corrected chi connectivity index (χ1v) is 7.58. The van der Waals surface area contributed by atoms with E-state index in [4.69, 9.17) is 4.74 Å². The summed E-state index contributed by atoms with van der Waals surface area (Å²) in [5.41, 5.74) is 1.03. The Balaban J connectivity index is 0.00000161. The summed E-state index contributed by atoms with van der Waals surface area (Å²) in [5, 5.41) is 3.39. The van der Waals surface area contributed by atoms with Gasteiger partial charge in [0.1, 0.15) is 11.6 Å². The third-order valence-electron chi connectivity index (χ3n) is 4.65. The van der Waals surface area contributed by atoms with Crippen molar-refractivity contribution in [2.24, 2.45) is 5.92 Å². The Hall–Kier alpha value is -0.840. The van der Waals surface area contributed by atoms with Gasteiger partial charge < -0.3 is 10.1 Å². The van der Waals surface area contributed by atoms with E-state index >= 15 is 0 Å². The zero-order chi connectivity index (χ0) is 13.9. The predicted molar refractivity (Wildman–Crippen MR) is 84.7 cm³/mol. The van der Waals surface area contributed by atoms with Crippen molar-refractivity contribution in [3.63, 3.8) is 0 Å². The smallest absolute Gasteiger partial charge is 0.123 e. The van der Waals surface area contributed by atoms with E-state index in [0.29, 0.717) is 12.0 Å². The molecule has 2 aliphatic rings. The van der Waals surface area contributed by atoms with Gasteiger partial charge in [-0.25, -0.2) is 4.39 Å². The van der Waals surface area contributed by atoms with Gasteiger partial charge in [0.15, 0.2) is 0 Å². The van der Waals surface area contributed by atoms with Gasteiger partial charge >= 0.3 is 0 Å². The van der Waals surface area contributed by atoms with Crippen LogP contribution in [0.2, 0.25) is 0 Å². The molecule has 3 nitrogen and oxygen atoms in total. The maximum atomic E-state index is 13.7. The number of halogens is 2. The number of ether oxygens (including phenoxy) is 1. The summed E-state index contributed by atoms with van der Waals surface area (Å²) < 4.78 is 19.2. The molecule has 0 aromatic heterocycles. The van der Waals surface area contributed by atoms with Gasteiger partial charge in [-0.2, -0.15) is 0 Å². The third kappa shape index (κ3) is 3.50. The zero-order valence-corrected chi connectivity index (χ0v) is 13.3. The maximum Gasteiger partial charge on any atom is 0.123 e.